The van der Waals surface area contributed by atoms with Gasteiger partial charge in [0.2, 0.25) is 0 Å². The molecule has 0 N–H and O–H groups in total. The van der Waals surface area contributed by atoms with Gasteiger partial charge in [-0.2, -0.15) is 0 Å². The summed E-state index contributed by atoms with van der Waals surface area (Å²) in [5.41, 5.74) is 1.10. The van der Waals surface area contributed by atoms with E-state index < -0.39 is 0 Å². The van der Waals surface area contributed by atoms with E-state index >= 15 is 0 Å². The average Bonchev–Trinajstić information content (AvgIpc) is 2.72. The number of hydrogen-bond donors (Lipinski definition) is 0. The summed E-state index contributed by atoms with van der Waals surface area (Å²) in [5, 5.41) is -0.0162. The molecule has 2 aliphatic heterocycles. The van der Waals surface area contributed by atoms with Crippen LogP contribution in [0.25, 0.3) is 0 Å². The Bertz CT molecular complexity index is 429. The molecule has 3 nitrogen and oxygen atoms in total. The van der Waals surface area contributed by atoms with E-state index in [2.05, 4.69) is 0 Å². The zero-order chi connectivity index (χ0) is 13.1. The van der Waals surface area contributed by atoms with Crippen LogP contribution in [0.1, 0.15) is 30.2 Å². The molecule has 1 aromatic rings. The summed E-state index contributed by atoms with van der Waals surface area (Å²) in [6, 6.07) is 6.03. The van der Waals surface area contributed by atoms with Gasteiger partial charge in [0.1, 0.15) is 0 Å². The normalized spacial score (nSPS) is 24.6. The number of alkyl halides is 1. The monoisotopic (exact) mass is 282 g/mol. The van der Waals surface area contributed by atoms with Gasteiger partial charge in [0.25, 0.3) is 0 Å². The van der Waals surface area contributed by atoms with Crippen molar-refractivity contribution < 1.29 is 14.2 Å². The fourth-order valence-corrected chi connectivity index (χ4v) is 2.95. The van der Waals surface area contributed by atoms with Gasteiger partial charge in [0, 0.05) is 18.9 Å². The smallest absolute Gasteiger partial charge is 0.161 e. The summed E-state index contributed by atoms with van der Waals surface area (Å²) in [6.07, 6.45) is 3.14. The van der Waals surface area contributed by atoms with E-state index in [0.717, 1.165) is 49.5 Å². The predicted molar refractivity (Wildman–Crippen MR) is 74.2 cm³/mol. The van der Waals surface area contributed by atoms with E-state index in [-0.39, 0.29) is 5.38 Å². The molecule has 0 amide bonds. The third-order valence-corrected chi connectivity index (χ3v) is 4.31. The first-order valence-electron chi connectivity index (χ1n) is 6.96. The van der Waals surface area contributed by atoms with E-state index in [1.54, 1.807) is 0 Å². The molecule has 0 saturated carbocycles. The van der Waals surface area contributed by atoms with Gasteiger partial charge in [-0.05, 0) is 30.5 Å². The molecule has 0 aliphatic carbocycles. The lowest BCUT2D eigenvalue weighted by Crippen LogP contribution is -2.21. The molecule has 0 radical (unpaired) electrons. The molecule has 1 aromatic carbocycles. The van der Waals surface area contributed by atoms with Crippen LogP contribution in [-0.4, -0.2) is 26.4 Å². The standard InChI is InChI=1S/C15H19ClO3/c16-15(12-3-1-6-17-10-12)11-4-5-13-14(9-11)19-8-2-7-18-13/h4-5,9,12,15H,1-3,6-8,10H2. The summed E-state index contributed by atoms with van der Waals surface area (Å²) in [5.74, 6) is 2.03. The Labute approximate surface area is 118 Å². The molecule has 4 heteroatoms. The van der Waals surface area contributed by atoms with Crippen LogP contribution in [0.2, 0.25) is 0 Å². The first-order chi connectivity index (χ1) is 9.34. The maximum Gasteiger partial charge on any atom is 0.161 e. The highest BCUT2D eigenvalue weighted by Gasteiger charge is 2.25. The van der Waals surface area contributed by atoms with Crippen molar-refractivity contribution in [2.45, 2.75) is 24.6 Å². The summed E-state index contributed by atoms with van der Waals surface area (Å²) in [7, 11) is 0. The minimum absolute atomic E-state index is 0.0162. The maximum absolute atomic E-state index is 6.59. The maximum atomic E-state index is 6.59. The molecular weight excluding hydrogens is 264 g/mol. The van der Waals surface area contributed by atoms with Crippen molar-refractivity contribution in [3.05, 3.63) is 23.8 Å². The molecule has 3 rings (SSSR count). The van der Waals surface area contributed by atoms with E-state index in [1.165, 1.54) is 0 Å². The quantitative estimate of drug-likeness (QED) is 0.777. The molecule has 1 saturated heterocycles. The molecule has 2 unspecified atom stereocenters. The largest absolute Gasteiger partial charge is 0.490 e. The second-order valence-electron chi connectivity index (χ2n) is 5.14. The van der Waals surface area contributed by atoms with Crippen molar-refractivity contribution in [1.29, 1.82) is 0 Å². The van der Waals surface area contributed by atoms with Crippen molar-refractivity contribution in [2.24, 2.45) is 5.92 Å². The first-order valence-corrected chi connectivity index (χ1v) is 7.39. The molecule has 104 valence electrons. The molecule has 19 heavy (non-hydrogen) atoms. The van der Waals surface area contributed by atoms with Crippen LogP contribution in [0.15, 0.2) is 18.2 Å². The highest BCUT2D eigenvalue weighted by Crippen LogP contribution is 2.39. The van der Waals surface area contributed by atoms with Gasteiger partial charge < -0.3 is 14.2 Å². The lowest BCUT2D eigenvalue weighted by Gasteiger charge is -2.26. The molecule has 0 bridgehead atoms. The van der Waals surface area contributed by atoms with Crippen LogP contribution in [0.4, 0.5) is 0 Å². The lowest BCUT2D eigenvalue weighted by molar-refractivity contribution is 0.0531. The van der Waals surface area contributed by atoms with Gasteiger partial charge in [-0.15, -0.1) is 11.6 Å². The SMILES string of the molecule is ClC(c1ccc2c(c1)OCCCO2)C1CCCOC1. The van der Waals surface area contributed by atoms with Crippen molar-refractivity contribution in [3.63, 3.8) is 0 Å². The topological polar surface area (TPSA) is 27.7 Å². The fraction of sp³-hybridized carbons (Fsp3) is 0.600. The van der Waals surface area contributed by atoms with Gasteiger partial charge in [0.05, 0.1) is 25.2 Å². The van der Waals surface area contributed by atoms with Crippen molar-refractivity contribution in [3.8, 4) is 11.5 Å². The Kier molecular flexibility index (Phi) is 4.14. The lowest BCUT2D eigenvalue weighted by atomic mass is 9.93. The van der Waals surface area contributed by atoms with Gasteiger partial charge in [-0.3, -0.25) is 0 Å². The summed E-state index contributed by atoms with van der Waals surface area (Å²) in [6.45, 7) is 3.03. The van der Waals surface area contributed by atoms with Crippen molar-refractivity contribution in [1.82, 2.24) is 0 Å². The summed E-state index contributed by atoms with van der Waals surface area (Å²) >= 11 is 6.59. The van der Waals surface area contributed by atoms with E-state index in [9.17, 15) is 0 Å². The molecule has 2 atom stereocenters. The van der Waals surface area contributed by atoms with Crippen LogP contribution >= 0.6 is 11.6 Å². The Morgan fingerprint density at radius 1 is 1.05 bits per heavy atom. The molecule has 0 aromatic heterocycles. The second-order valence-corrected chi connectivity index (χ2v) is 5.61. The summed E-state index contributed by atoms with van der Waals surface area (Å²) in [4.78, 5) is 0. The third-order valence-electron chi connectivity index (χ3n) is 3.70. The summed E-state index contributed by atoms with van der Waals surface area (Å²) < 4.78 is 16.9. The van der Waals surface area contributed by atoms with Gasteiger partial charge >= 0.3 is 0 Å². The fourth-order valence-electron chi connectivity index (χ4n) is 2.62. The Hall–Kier alpha value is -0.930. The highest BCUT2D eigenvalue weighted by atomic mass is 35.5. The highest BCUT2D eigenvalue weighted by molar-refractivity contribution is 6.21. The predicted octanol–water partition coefficient (Wildman–Crippen LogP) is 3.55. The number of fused-ring (bicyclic) bond motifs is 1. The van der Waals surface area contributed by atoms with E-state index in [4.69, 9.17) is 25.8 Å². The van der Waals surface area contributed by atoms with E-state index in [0.29, 0.717) is 19.1 Å². The Morgan fingerprint density at radius 3 is 2.68 bits per heavy atom. The third kappa shape index (κ3) is 2.98. The number of ether oxygens (including phenoxy) is 3. The Balaban J connectivity index is 1.78. The van der Waals surface area contributed by atoms with Crippen LogP contribution in [-0.2, 0) is 4.74 Å². The average molecular weight is 283 g/mol. The molecule has 2 aliphatic rings. The number of halogens is 1. The van der Waals surface area contributed by atoms with Crippen LogP contribution in [0.3, 0.4) is 0 Å². The van der Waals surface area contributed by atoms with Crippen LogP contribution in [0.5, 0.6) is 11.5 Å². The number of benzene rings is 1. The van der Waals surface area contributed by atoms with Gasteiger partial charge in [0.15, 0.2) is 11.5 Å². The molecule has 0 spiro atoms. The minimum Gasteiger partial charge on any atom is -0.490 e. The molecular formula is C15H19ClO3. The minimum atomic E-state index is -0.0162. The zero-order valence-corrected chi connectivity index (χ0v) is 11.7. The first kappa shape index (κ1) is 13.1. The number of rotatable bonds is 2. The molecule has 2 heterocycles. The number of hydrogen-bond acceptors (Lipinski definition) is 3. The van der Waals surface area contributed by atoms with Crippen LogP contribution < -0.4 is 9.47 Å². The van der Waals surface area contributed by atoms with Gasteiger partial charge in [-0.25, -0.2) is 0 Å². The van der Waals surface area contributed by atoms with Crippen molar-refractivity contribution >= 4 is 11.6 Å². The zero-order valence-electron chi connectivity index (χ0n) is 10.9. The van der Waals surface area contributed by atoms with Crippen LogP contribution in [0, 0.1) is 5.92 Å². The Morgan fingerprint density at radius 2 is 1.89 bits per heavy atom. The second kappa shape index (κ2) is 6.02. The van der Waals surface area contributed by atoms with E-state index in [1.807, 2.05) is 18.2 Å². The van der Waals surface area contributed by atoms with Crippen molar-refractivity contribution in [2.75, 3.05) is 26.4 Å². The van der Waals surface area contributed by atoms with Gasteiger partial charge in [-0.1, -0.05) is 6.07 Å². The molecule has 1 fully saturated rings.